The minimum Gasteiger partial charge on any atom is -0.466 e. The summed E-state index contributed by atoms with van der Waals surface area (Å²) < 4.78 is 12.1. The molecule has 8 heteroatoms. The Morgan fingerprint density at radius 3 is 2.47 bits per heavy atom. The largest absolute Gasteiger partial charge is 0.466 e. The molecule has 2 bridgehead atoms. The molecule has 0 saturated carbocycles. The Labute approximate surface area is 203 Å². The zero-order valence-corrected chi connectivity index (χ0v) is 21.6. The highest BCUT2D eigenvalue weighted by atomic mass is 16.6. The van der Waals surface area contributed by atoms with Crippen LogP contribution < -0.4 is 0 Å². The molecule has 0 aromatic rings. The molecule has 1 spiro atoms. The Morgan fingerprint density at radius 1 is 1.29 bits per heavy atom. The zero-order valence-electron chi connectivity index (χ0n) is 21.6. The van der Waals surface area contributed by atoms with Crippen molar-refractivity contribution in [1.29, 1.82) is 0 Å². The van der Waals surface area contributed by atoms with E-state index in [1.54, 1.807) is 22.8 Å². The standard InChI is InChI=1S/C26H42N2O6/c1-8-13-27(17(6)7)23(31)21-26-12-11-25(9-2,34-26)20(24(32)33-10-3)19(26)22(30)28(21)18(15-29)14-16(4)5/h8,16-21,29H,1,9-15H2,2-7H3/t18-,19+,20+,21?,25-,26?/m1/s1. The van der Waals surface area contributed by atoms with Crippen LogP contribution in [0.25, 0.3) is 0 Å². The van der Waals surface area contributed by atoms with E-state index in [9.17, 15) is 19.5 Å². The maximum atomic E-state index is 14.2. The number of esters is 1. The molecule has 3 heterocycles. The topological polar surface area (TPSA) is 96.4 Å². The van der Waals surface area contributed by atoms with Crippen molar-refractivity contribution in [3.05, 3.63) is 12.7 Å². The van der Waals surface area contributed by atoms with Crippen LogP contribution in [-0.2, 0) is 23.9 Å². The van der Waals surface area contributed by atoms with Gasteiger partial charge in [0, 0.05) is 12.6 Å². The third kappa shape index (κ3) is 3.96. The molecule has 0 radical (unpaired) electrons. The number of carbonyl (C=O) groups is 3. The van der Waals surface area contributed by atoms with E-state index in [0.29, 0.717) is 32.2 Å². The first-order valence-electron chi connectivity index (χ1n) is 12.8. The summed E-state index contributed by atoms with van der Waals surface area (Å²) in [7, 11) is 0. The van der Waals surface area contributed by atoms with Crippen molar-refractivity contribution in [3.63, 3.8) is 0 Å². The molecule has 3 fully saturated rings. The van der Waals surface area contributed by atoms with Crippen LogP contribution in [0.2, 0.25) is 0 Å². The van der Waals surface area contributed by atoms with Gasteiger partial charge < -0.3 is 24.4 Å². The van der Waals surface area contributed by atoms with Gasteiger partial charge in [0.15, 0.2) is 0 Å². The van der Waals surface area contributed by atoms with Crippen LogP contribution in [-0.4, -0.2) is 81.8 Å². The summed E-state index contributed by atoms with van der Waals surface area (Å²) in [6.07, 6.45) is 3.87. The van der Waals surface area contributed by atoms with Gasteiger partial charge >= 0.3 is 5.97 Å². The highest BCUT2D eigenvalue weighted by Crippen LogP contribution is 2.65. The predicted octanol–water partition coefficient (Wildman–Crippen LogP) is 2.53. The zero-order chi connectivity index (χ0) is 25.4. The molecule has 2 unspecified atom stereocenters. The van der Waals surface area contributed by atoms with Gasteiger partial charge in [0.1, 0.15) is 17.6 Å². The summed E-state index contributed by atoms with van der Waals surface area (Å²) in [4.78, 5) is 44.8. The normalized spacial score (nSPS) is 32.9. The average molecular weight is 479 g/mol. The number of likely N-dealkylation sites (tertiary alicyclic amines) is 1. The summed E-state index contributed by atoms with van der Waals surface area (Å²) in [6, 6.07) is -1.56. The Kier molecular flexibility index (Phi) is 7.82. The summed E-state index contributed by atoms with van der Waals surface area (Å²) in [5, 5.41) is 10.3. The third-order valence-electron chi connectivity index (χ3n) is 7.97. The number of rotatable bonds is 11. The average Bonchev–Trinajstić information content (AvgIpc) is 3.39. The molecule has 3 saturated heterocycles. The quantitative estimate of drug-likeness (QED) is 0.362. The number of nitrogens with zero attached hydrogens (tertiary/aromatic N) is 2. The van der Waals surface area contributed by atoms with E-state index in [1.807, 2.05) is 34.6 Å². The fraction of sp³-hybridized carbons (Fsp3) is 0.808. The highest BCUT2D eigenvalue weighted by molar-refractivity contribution is 5.98. The first-order chi connectivity index (χ1) is 16.0. The molecule has 3 rings (SSSR count). The van der Waals surface area contributed by atoms with Crippen molar-refractivity contribution >= 4 is 17.8 Å². The van der Waals surface area contributed by atoms with Gasteiger partial charge in [-0.15, -0.1) is 6.58 Å². The molecular weight excluding hydrogens is 436 g/mol. The van der Waals surface area contributed by atoms with Gasteiger partial charge in [-0.05, 0) is 52.4 Å². The Balaban J connectivity index is 2.17. The number of hydrogen-bond donors (Lipinski definition) is 1. The molecule has 0 aromatic heterocycles. The number of aliphatic hydroxyl groups is 1. The summed E-state index contributed by atoms with van der Waals surface area (Å²) in [5.74, 6) is -2.29. The maximum absolute atomic E-state index is 14.2. The van der Waals surface area contributed by atoms with Gasteiger partial charge in [-0.3, -0.25) is 14.4 Å². The summed E-state index contributed by atoms with van der Waals surface area (Å²) >= 11 is 0. The van der Waals surface area contributed by atoms with Crippen LogP contribution >= 0.6 is 0 Å². The van der Waals surface area contributed by atoms with E-state index in [-0.39, 0.29) is 37.0 Å². The lowest BCUT2D eigenvalue weighted by molar-refractivity contribution is -0.163. The number of fused-ring (bicyclic) bond motifs is 1. The Hall–Kier alpha value is -1.93. The van der Waals surface area contributed by atoms with Crippen LogP contribution in [0.5, 0.6) is 0 Å². The molecule has 8 nitrogen and oxygen atoms in total. The molecule has 2 amide bonds. The van der Waals surface area contributed by atoms with E-state index in [4.69, 9.17) is 9.47 Å². The van der Waals surface area contributed by atoms with E-state index in [2.05, 4.69) is 6.58 Å². The monoisotopic (exact) mass is 478 g/mol. The lowest BCUT2D eigenvalue weighted by Crippen LogP contribution is -2.60. The number of hydrogen-bond acceptors (Lipinski definition) is 6. The van der Waals surface area contributed by atoms with Crippen molar-refractivity contribution in [2.45, 2.75) is 96.6 Å². The SMILES string of the molecule is C=CCN(C(=O)C1N([C@@H](CO)CC(C)C)C(=O)[C@@H]2[C@@H](C(=O)OCC)[C@@]3(CC)CCC12O3)C(C)C. The van der Waals surface area contributed by atoms with Gasteiger partial charge in [0.2, 0.25) is 11.8 Å². The van der Waals surface area contributed by atoms with Crippen LogP contribution in [0.4, 0.5) is 0 Å². The maximum Gasteiger partial charge on any atom is 0.312 e. The summed E-state index contributed by atoms with van der Waals surface area (Å²) in [6.45, 7) is 15.7. The molecule has 192 valence electrons. The van der Waals surface area contributed by atoms with Gasteiger partial charge in [-0.2, -0.15) is 0 Å². The number of carbonyl (C=O) groups excluding carboxylic acids is 3. The second-order valence-electron chi connectivity index (χ2n) is 10.7. The Morgan fingerprint density at radius 2 is 1.97 bits per heavy atom. The van der Waals surface area contributed by atoms with Gasteiger partial charge in [-0.1, -0.05) is 26.8 Å². The lowest BCUT2D eigenvalue weighted by atomic mass is 9.65. The summed E-state index contributed by atoms with van der Waals surface area (Å²) in [5.41, 5.74) is -1.93. The number of ether oxygens (including phenoxy) is 2. The molecular formula is C26H42N2O6. The smallest absolute Gasteiger partial charge is 0.312 e. The first kappa shape index (κ1) is 26.7. The molecule has 0 aromatic carbocycles. The molecule has 34 heavy (non-hydrogen) atoms. The number of amides is 2. The van der Waals surface area contributed by atoms with Crippen molar-refractivity contribution < 1.29 is 29.0 Å². The fourth-order valence-corrected chi connectivity index (χ4v) is 6.59. The van der Waals surface area contributed by atoms with E-state index in [0.717, 1.165) is 0 Å². The second-order valence-corrected chi connectivity index (χ2v) is 10.7. The minimum absolute atomic E-state index is 0.116. The van der Waals surface area contributed by atoms with Crippen molar-refractivity contribution in [2.75, 3.05) is 19.8 Å². The van der Waals surface area contributed by atoms with E-state index in [1.165, 1.54) is 0 Å². The van der Waals surface area contributed by atoms with Gasteiger partial charge in [-0.25, -0.2) is 0 Å². The molecule has 0 aliphatic carbocycles. The van der Waals surface area contributed by atoms with Gasteiger partial charge in [0.25, 0.3) is 0 Å². The van der Waals surface area contributed by atoms with Crippen molar-refractivity contribution in [2.24, 2.45) is 17.8 Å². The third-order valence-corrected chi connectivity index (χ3v) is 7.97. The van der Waals surface area contributed by atoms with Crippen LogP contribution in [0.15, 0.2) is 12.7 Å². The van der Waals surface area contributed by atoms with Crippen LogP contribution in [0.1, 0.15) is 67.2 Å². The molecule has 3 aliphatic rings. The fourth-order valence-electron chi connectivity index (χ4n) is 6.59. The first-order valence-corrected chi connectivity index (χ1v) is 12.8. The predicted molar refractivity (Wildman–Crippen MR) is 128 cm³/mol. The lowest BCUT2D eigenvalue weighted by Gasteiger charge is -2.41. The van der Waals surface area contributed by atoms with Crippen LogP contribution in [0.3, 0.4) is 0 Å². The minimum atomic E-state index is -1.11. The van der Waals surface area contributed by atoms with Crippen molar-refractivity contribution in [3.8, 4) is 0 Å². The van der Waals surface area contributed by atoms with E-state index >= 15 is 0 Å². The van der Waals surface area contributed by atoms with Gasteiger partial charge in [0.05, 0.1) is 30.8 Å². The molecule has 3 aliphatic heterocycles. The molecule has 6 atom stereocenters. The Bertz CT molecular complexity index is 813. The van der Waals surface area contributed by atoms with Crippen LogP contribution in [0, 0.1) is 17.8 Å². The van der Waals surface area contributed by atoms with E-state index < -0.39 is 41.1 Å². The second kappa shape index (κ2) is 9.97. The highest BCUT2D eigenvalue weighted by Gasteiger charge is 2.79. The number of aliphatic hydroxyl groups excluding tert-OH is 1. The molecule has 1 N–H and O–H groups in total. The van der Waals surface area contributed by atoms with Crippen molar-refractivity contribution in [1.82, 2.24) is 9.80 Å².